The Morgan fingerprint density at radius 2 is 1.86 bits per heavy atom. The quantitative estimate of drug-likeness (QED) is 0.446. The van der Waals surface area contributed by atoms with E-state index in [9.17, 15) is 9.59 Å². The summed E-state index contributed by atoms with van der Waals surface area (Å²) < 4.78 is 1.05. The van der Waals surface area contributed by atoms with Crippen molar-refractivity contribution in [3.05, 3.63) is 65.0 Å². The largest absolute Gasteiger partial charge is 0.306 e. The van der Waals surface area contributed by atoms with Crippen LogP contribution in [0.2, 0.25) is 0 Å². The molecule has 1 N–H and O–H groups in total. The molecule has 0 fully saturated rings. The lowest BCUT2D eigenvalue weighted by Crippen LogP contribution is -2.32. The van der Waals surface area contributed by atoms with Crippen LogP contribution in [0.3, 0.4) is 0 Å². The highest BCUT2D eigenvalue weighted by Crippen LogP contribution is 2.29. The third-order valence-electron chi connectivity index (χ3n) is 5.05. The van der Waals surface area contributed by atoms with Crippen molar-refractivity contribution in [2.45, 2.75) is 32.6 Å². The summed E-state index contributed by atoms with van der Waals surface area (Å²) in [6.45, 7) is 2.83. The zero-order valence-electron chi connectivity index (χ0n) is 16.4. The Balaban J connectivity index is 1.53. The summed E-state index contributed by atoms with van der Waals surface area (Å²) in [6, 6.07) is 17.3. The highest BCUT2D eigenvalue weighted by atomic mass is 32.1. The molecule has 0 saturated carbocycles. The molecule has 2 amide bonds. The number of carbonyl (C=O) groups excluding carboxylic acids is 2. The molecule has 0 aliphatic carbocycles. The van der Waals surface area contributed by atoms with E-state index >= 15 is 0 Å². The number of thiophene rings is 1. The van der Waals surface area contributed by atoms with Gasteiger partial charge in [0.1, 0.15) is 0 Å². The van der Waals surface area contributed by atoms with Crippen LogP contribution in [0.4, 0.5) is 5.69 Å². The molecule has 2 aromatic carbocycles. The van der Waals surface area contributed by atoms with E-state index in [1.165, 1.54) is 11.3 Å². The molecule has 29 heavy (non-hydrogen) atoms. The monoisotopic (exact) mass is 405 g/mol. The first-order chi connectivity index (χ1) is 14.2. The highest BCUT2D eigenvalue weighted by Gasteiger charge is 2.33. The third-order valence-corrected chi connectivity index (χ3v) is 6.17. The van der Waals surface area contributed by atoms with Crippen molar-refractivity contribution >= 4 is 44.6 Å². The van der Waals surface area contributed by atoms with Gasteiger partial charge in [-0.15, -0.1) is 11.3 Å². The third kappa shape index (κ3) is 3.93. The van der Waals surface area contributed by atoms with E-state index in [1.807, 2.05) is 54.6 Å². The van der Waals surface area contributed by atoms with Crippen LogP contribution in [-0.2, 0) is 4.79 Å². The van der Waals surface area contributed by atoms with E-state index in [4.69, 9.17) is 0 Å². The maximum Gasteiger partial charge on any atom is 0.281 e. The average Bonchev–Trinajstić information content (AvgIpc) is 3.29. The molecule has 5 nitrogen and oxygen atoms in total. The van der Waals surface area contributed by atoms with Gasteiger partial charge in [-0.2, -0.15) is 5.10 Å². The van der Waals surface area contributed by atoms with Crippen LogP contribution in [0.15, 0.2) is 59.7 Å². The molecule has 1 aromatic heterocycles. The summed E-state index contributed by atoms with van der Waals surface area (Å²) in [5.74, 6) is -0.454. The number of para-hydroxylation sites is 1. The number of benzene rings is 2. The molecule has 148 valence electrons. The fourth-order valence-corrected chi connectivity index (χ4v) is 4.50. The van der Waals surface area contributed by atoms with Gasteiger partial charge in [-0.3, -0.25) is 9.59 Å². The smallest absolute Gasteiger partial charge is 0.281 e. The van der Waals surface area contributed by atoms with Crippen LogP contribution in [0.1, 0.15) is 47.8 Å². The van der Waals surface area contributed by atoms with Crippen molar-refractivity contribution in [2.75, 3.05) is 11.4 Å². The van der Waals surface area contributed by atoms with Gasteiger partial charge >= 0.3 is 0 Å². The van der Waals surface area contributed by atoms with Gasteiger partial charge in [0, 0.05) is 16.8 Å². The lowest BCUT2D eigenvalue weighted by Gasteiger charge is -2.16. The number of anilines is 1. The van der Waals surface area contributed by atoms with Crippen molar-refractivity contribution in [1.29, 1.82) is 0 Å². The Morgan fingerprint density at radius 3 is 2.69 bits per heavy atom. The first-order valence-electron chi connectivity index (χ1n) is 9.97. The van der Waals surface area contributed by atoms with Crippen LogP contribution in [0.5, 0.6) is 0 Å². The minimum absolute atomic E-state index is 0.153. The Hall–Kier alpha value is -2.99. The summed E-state index contributed by atoms with van der Waals surface area (Å²) in [4.78, 5) is 27.9. The molecule has 0 unspecified atom stereocenters. The molecule has 0 saturated heterocycles. The molecule has 0 atom stereocenters. The number of nitrogens with zero attached hydrogens (tertiary/aromatic N) is 2. The maximum atomic E-state index is 13.0. The van der Waals surface area contributed by atoms with Gasteiger partial charge in [-0.25, -0.2) is 5.43 Å². The number of unbranched alkanes of at least 4 members (excludes halogenated alkanes) is 3. The highest BCUT2D eigenvalue weighted by molar-refractivity contribution is 7.20. The van der Waals surface area contributed by atoms with E-state index in [2.05, 4.69) is 17.5 Å². The molecule has 4 rings (SSSR count). The molecule has 1 aliphatic rings. The summed E-state index contributed by atoms with van der Waals surface area (Å²) in [5.41, 5.74) is 4.51. The summed E-state index contributed by atoms with van der Waals surface area (Å²) in [6.07, 6.45) is 4.36. The molecular weight excluding hydrogens is 382 g/mol. The van der Waals surface area contributed by atoms with E-state index < -0.39 is 0 Å². The van der Waals surface area contributed by atoms with Crippen LogP contribution in [0.25, 0.3) is 10.1 Å². The predicted molar refractivity (Wildman–Crippen MR) is 119 cm³/mol. The number of amides is 2. The second kappa shape index (κ2) is 8.57. The standard InChI is InChI=1S/C23H23N3O2S/c1-2-3-4-9-14-26-18-12-7-6-11-17(18)21(23(26)28)24-25-22(27)20-15-16-10-5-8-13-19(16)29-20/h5-8,10-13,15H,2-4,9,14H2,1H3,(H,25,27)/b24-21-. The van der Waals surface area contributed by atoms with Crippen molar-refractivity contribution in [1.82, 2.24) is 5.43 Å². The lowest BCUT2D eigenvalue weighted by atomic mass is 10.1. The van der Waals surface area contributed by atoms with Crippen LogP contribution in [0, 0.1) is 0 Å². The molecule has 3 aromatic rings. The molecular formula is C23H23N3O2S. The number of rotatable bonds is 7. The van der Waals surface area contributed by atoms with Gasteiger partial charge in [0.15, 0.2) is 5.71 Å². The molecule has 2 heterocycles. The van der Waals surface area contributed by atoms with E-state index in [0.717, 1.165) is 47.0 Å². The van der Waals surface area contributed by atoms with Gasteiger partial charge in [-0.1, -0.05) is 62.6 Å². The number of hydrazone groups is 1. The van der Waals surface area contributed by atoms with Gasteiger partial charge in [-0.05, 0) is 30.0 Å². The fourth-order valence-electron chi connectivity index (χ4n) is 3.54. The molecule has 1 aliphatic heterocycles. The average molecular weight is 406 g/mol. The summed E-state index contributed by atoms with van der Waals surface area (Å²) >= 11 is 1.41. The topological polar surface area (TPSA) is 61.8 Å². The Kier molecular flexibility index (Phi) is 5.71. The number of hydrogen-bond acceptors (Lipinski definition) is 4. The Morgan fingerprint density at radius 1 is 1.07 bits per heavy atom. The second-order valence-electron chi connectivity index (χ2n) is 7.08. The first kappa shape index (κ1) is 19.3. The second-order valence-corrected chi connectivity index (χ2v) is 8.17. The zero-order chi connectivity index (χ0) is 20.2. The number of hydrogen-bond donors (Lipinski definition) is 1. The summed E-state index contributed by atoms with van der Waals surface area (Å²) in [5, 5.41) is 5.24. The lowest BCUT2D eigenvalue weighted by molar-refractivity contribution is -0.112. The van der Waals surface area contributed by atoms with Crippen molar-refractivity contribution in [2.24, 2.45) is 5.10 Å². The van der Waals surface area contributed by atoms with Crippen molar-refractivity contribution in [3.8, 4) is 0 Å². The first-order valence-corrected chi connectivity index (χ1v) is 10.8. The normalized spacial score (nSPS) is 14.6. The predicted octanol–water partition coefficient (Wildman–Crippen LogP) is 4.96. The summed E-state index contributed by atoms with van der Waals surface area (Å²) in [7, 11) is 0. The van der Waals surface area contributed by atoms with Crippen LogP contribution >= 0.6 is 11.3 Å². The van der Waals surface area contributed by atoms with Crippen LogP contribution in [-0.4, -0.2) is 24.1 Å². The van der Waals surface area contributed by atoms with Gasteiger partial charge in [0.2, 0.25) is 0 Å². The number of carbonyl (C=O) groups is 2. The number of fused-ring (bicyclic) bond motifs is 2. The minimum atomic E-state index is -0.301. The van der Waals surface area contributed by atoms with Gasteiger partial charge in [0.25, 0.3) is 11.8 Å². The van der Waals surface area contributed by atoms with Crippen LogP contribution < -0.4 is 10.3 Å². The van der Waals surface area contributed by atoms with E-state index in [-0.39, 0.29) is 11.8 Å². The molecule has 0 radical (unpaired) electrons. The fraction of sp³-hybridized carbons (Fsp3) is 0.261. The van der Waals surface area contributed by atoms with E-state index in [0.29, 0.717) is 17.1 Å². The minimum Gasteiger partial charge on any atom is -0.306 e. The number of nitrogens with one attached hydrogen (secondary N) is 1. The zero-order valence-corrected chi connectivity index (χ0v) is 17.2. The van der Waals surface area contributed by atoms with Crippen molar-refractivity contribution < 1.29 is 9.59 Å². The Labute approximate surface area is 174 Å². The maximum absolute atomic E-state index is 13.0. The van der Waals surface area contributed by atoms with E-state index in [1.54, 1.807) is 4.90 Å². The Bertz CT molecular complexity index is 1050. The molecule has 0 spiro atoms. The van der Waals surface area contributed by atoms with Gasteiger partial charge in [0.05, 0.1) is 10.6 Å². The van der Waals surface area contributed by atoms with Gasteiger partial charge < -0.3 is 4.90 Å². The molecule has 0 bridgehead atoms. The van der Waals surface area contributed by atoms with Crippen molar-refractivity contribution in [3.63, 3.8) is 0 Å². The SMILES string of the molecule is CCCCCCN1C(=O)/C(=N\NC(=O)c2cc3ccccc3s2)c2ccccc21. The molecule has 6 heteroatoms.